The molecule has 1 aliphatic rings. The smallest absolute Gasteiger partial charge is 0.225 e. The number of halogens is 1. The van der Waals surface area contributed by atoms with Crippen molar-refractivity contribution in [2.75, 3.05) is 31.1 Å². The molecule has 22 heavy (non-hydrogen) atoms. The highest BCUT2D eigenvalue weighted by atomic mass is 35.5. The van der Waals surface area contributed by atoms with Gasteiger partial charge in [-0.2, -0.15) is 0 Å². The van der Waals surface area contributed by atoms with E-state index in [-0.39, 0.29) is 0 Å². The van der Waals surface area contributed by atoms with E-state index in [4.69, 9.17) is 11.6 Å². The van der Waals surface area contributed by atoms with Crippen LogP contribution in [-0.4, -0.2) is 46.0 Å². The summed E-state index contributed by atoms with van der Waals surface area (Å²) < 4.78 is 0. The fraction of sp³-hybridized carbons (Fsp3) is 0.438. The molecule has 0 atom stereocenters. The van der Waals surface area contributed by atoms with Gasteiger partial charge in [0.1, 0.15) is 5.15 Å². The molecule has 0 amide bonds. The summed E-state index contributed by atoms with van der Waals surface area (Å²) in [6.45, 7) is 8.68. The Morgan fingerprint density at radius 3 is 2.32 bits per heavy atom. The Kier molecular flexibility index (Phi) is 4.55. The summed E-state index contributed by atoms with van der Waals surface area (Å²) in [5.41, 5.74) is 3.06. The van der Waals surface area contributed by atoms with Crippen LogP contribution < -0.4 is 4.90 Å². The molecule has 116 valence electrons. The number of hydrogen-bond acceptors (Lipinski definition) is 5. The summed E-state index contributed by atoms with van der Waals surface area (Å²) in [6.07, 6.45) is 0. The lowest BCUT2D eigenvalue weighted by Gasteiger charge is -2.34. The van der Waals surface area contributed by atoms with E-state index >= 15 is 0 Å². The van der Waals surface area contributed by atoms with Crippen LogP contribution in [0.3, 0.4) is 0 Å². The first-order valence-corrected chi connectivity index (χ1v) is 7.89. The number of hydrogen-bond donors (Lipinski definition) is 0. The first-order valence-electron chi connectivity index (χ1n) is 7.51. The highest BCUT2D eigenvalue weighted by Crippen LogP contribution is 2.14. The summed E-state index contributed by atoms with van der Waals surface area (Å²) in [6, 6.07) is 7.78. The molecule has 0 aliphatic carbocycles. The molecule has 6 heteroatoms. The summed E-state index contributed by atoms with van der Waals surface area (Å²) in [4.78, 5) is 18.1. The third-order valence-electron chi connectivity index (χ3n) is 3.78. The lowest BCUT2D eigenvalue weighted by Crippen LogP contribution is -2.46. The van der Waals surface area contributed by atoms with Gasteiger partial charge in [0, 0.05) is 44.1 Å². The number of aryl methyl sites for hydroxylation is 2. The van der Waals surface area contributed by atoms with Crippen molar-refractivity contribution in [3.8, 4) is 0 Å². The second-order valence-electron chi connectivity index (χ2n) is 5.67. The zero-order valence-electron chi connectivity index (χ0n) is 13.0. The third-order valence-corrected chi connectivity index (χ3v) is 3.99. The number of rotatable bonds is 3. The molecule has 3 rings (SSSR count). The highest BCUT2D eigenvalue weighted by Gasteiger charge is 2.19. The maximum absolute atomic E-state index is 5.94. The van der Waals surface area contributed by atoms with Gasteiger partial charge in [0.25, 0.3) is 0 Å². The van der Waals surface area contributed by atoms with Crippen LogP contribution in [0.5, 0.6) is 0 Å². The fourth-order valence-corrected chi connectivity index (χ4v) is 2.90. The molecule has 0 spiro atoms. The third kappa shape index (κ3) is 3.72. The van der Waals surface area contributed by atoms with E-state index < -0.39 is 0 Å². The molecular weight excluding hydrogens is 298 g/mol. The lowest BCUT2D eigenvalue weighted by molar-refractivity contribution is 0.246. The number of aromatic nitrogens is 3. The Morgan fingerprint density at radius 1 is 1.00 bits per heavy atom. The largest absolute Gasteiger partial charge is 0.338 e. The number of anilines is 1. The standard InChI is InChI=1S/C16H20ClN5/c1-12-10-13(2)19-16(18-12)22-8-6-21(7-9-22)11-14-4-3-5-15(17)20-14/h3-5,10H,6-9,11H2,1-2H3. The van der Waals surface area contributed by atoms with Gasteiger partial charge >= 0.3 is 0 Å². The minimum absolute atomic E-state index is 0.555. The molecule has 0 N–H and O–H groups in total. The van der Waals surface area contributed by atoms with E-state index in [1.165, 1.54) is 0 Å². The van der Waals surface area contributed by atoms with Crippen molar-refractivity contribution in [3.05, 3.63) is 46.5 Å². The summed E-state index contributed by atoms with van der Waals surface area (Å²) >= 11 is 5.94. The van der Waals surface area contributed by atoms with Crippen LogP contribution in [-0.2, 0) is 6.54 Å². The average Bonchev–Trinajstić information content (AvgIpc) is 2.47. The molecule has 1 aliphatic heterocycles. The average molecular weight is 318 g/mol. The lowest BCUT2D eigenvalue weighted by atomic mass is 10.2. The molecule has 2 aromatic heterocycles. The maximum atomic E-state index is 5.94. The van der Waals surface area contributed by atoms with Crippen LogP contribution in [0, 0.1) is 13.8 Å². The minimum atomic E-state index is 0.555. The molecule has 0 bridgehead atoms. The maximum Gasteiger partial charge on any atom is 0.225 e. The van der Waals surface area contributed by atoms with Crippen molar-refractivity contribution >= 4 is 17.5 Å². The van der Waals surface area contributed by atoms with Crippen molar-refractivity contribution in [2.45, 2.75) is 20.4 Å². The van der Waals surface area contributed by atoms with Crippen LogP contribution in [0.4, 0.5) is 5.95 Å². The van der Waals surface area contributed by atoms with Crippen molar-refractivity contribution in [1.29, 1.82) is 0 Å². The highest BCUT2D eigenvalue weighted by molar-refractivity contribution is 6.29. The van der Waals surface area contributed by atoms with Gasteiger partial charge in [-0.15, -0.1) is 0 Å². The van der Waals surface area contributed by atoms with Gasteiger partial charge < -0.3 is 4.90 Å². The Morgan fingerprint density at radius 2 is 1.68 bits per heavy atom. The van der Waals surface area contributed by atoms with E-state index in [1.54, 1.807) is 6.07 Å². The SMILES string of the molecule is Cc1cc(C)nc(N2CCN(Cc3cccc(Cl)n3)CC2)n1. The zero-order valence-corrected chi connectivity index (χ0v) is 13.7. The molecule has 2 aromatic rings. The molecule has 0 unspecified atom stereocenters. The van der Waals surface area contributed by atoms with Crippen LogP contribution in [0.25, 0.3) is 0 Å². The van der Waals surface area contributed by atoms with Crippen molar-refractivity contribution < 1.29 is 0 Å². The monoisotopic (exact) mass is 317 g/mol. The topological polar surface area (TPSA) is 45.2 Å². The fourth-order valence-electron chi connectivity index (χ4n) is 2.72. The molecular formula is C16H20ClN5. The van der Waals surface area contributed by atoms with Crippen molar-refractivity contribution in [2.24, 2.45) is 0 Å². The summed E-state index contributed by atoms with van der Waals surface area (Å²) in [5, 5.41) is 0.555. The van der Waals surface area contributed by atoms with Gasteiger partial charge in [0.05, 0.1) is 5.69 Å². The van der Waals surface area contributed by atoms with Gasteiger partial charge in [-0.1, -0.05) is 17.7 Å². The first-order chi connectivity index (χ1) is 10.6. The van der Waals surface area contributed by atoms with Crippen LogP contribution in [0.2, 0.25) is 5.15 Å². The normalized spacial score (nSPS) is 16.0. The van der Waals surface area contributed by atoms with Crippen LogP contribution >= 0.6 is 11.6 Å². The number of pyridine rings is 1. The van der Waals surface area contributed by atoms with E-state index in [0.29, 0.717) is 5.15 Å². The van der Waals surface area contributed by atoms with Crippen LogP contribution in [0.15, 0.2) is 24.3 Å². The quantitative estimate of drug-likeness (QED) is 0.814. The zero-order chi connectivity index (χ0) is 15.5. The van der Waals surface area contributed by atoms with Gasteiger partial charge in [-0.3, -0.25) is 4.90 Å². The van der Waals surface area contributed by atoms with Crippen molar-refractivity contribution in [1.82, 2.24) is 19.9 Å². The predicted octanol–water partition coefficient (Wildman–Crippen LogP) is 2.46. The molecule has 5 nitrogen and oxygen atoms in total. The molecule has 3 heterocycles. The Bertz CT molecular complexity index is 632. The molecule has 0 saturated carbocycles. The molecule has 1 saturated heterocycles. The Labute approximate surface area is 136 Å². The Balaban J connectivity index is 1.60. The Hall–Kier alpha value is -1.72. The van der Waals surface area contributed by atoms with Gasteiger partial charge in [-0.25, -0.2) is 15.0 Å². The minimum Gasteiger partial charge on any atom is -0.338 e. The van der Waals surface area contributed by atoms with Crippen LogP contribution in [0.1, 0.15) is 17.1 Å². The number of nitrogens with zero attached hydrogens (tertiary/aromatic N) is 5. The first kappa shape index (κ1) is 15.2. The molecule has 0 radical (unpaired) electrons. The van der Waals surface area contributed by atoms with Gasteiger partial charge in [0.2, 0.25) is 5.95 Å². The predicted molar refractivity (Wildman–Crippen MR) is 88.2 cm³/mol. The van der Waals surface area contributed by atoms with E-state index in [0.717, 1.165) is 55.8 Å². The van der Waals surface area contributed by atoms with Crippen molar-refractivity contribution in [3.63, 3.8) is 0 Å². The second kappa shape index (κ2) is 6.58. The van der Waals surface area contributed by atoms with Gasteiger partial charge in [-0.05, 0) is 32.0 Å². The summed E-state index contributed by atoms with van der Waals surface area (Å²) in [7, 11) is 0. The number of piperazine rings is 1. The second-order valence-corrected chi connectivity index (χ2v) is 6.05. The van der Waals surface area contributed by atoms with E-state index in [2.05, 4.69) is 24.8 Å². The van der Waals surface area contributed by atoms with Gasteiger partial charge in [0.15, 0.2) is 0 Å². The molecule has 1 fully saturated rings. The molecule has 0 aromatic carbocycles. The summed E-state index contributed by atoms with van der Waals surface area (Å²) in [5.74, 6) is 0.845. The van der Waals surface area contributed by atoms with E-state index in [1.807, 2.05) is 32.0 Å². The van der Waals surface area contributed by atoms with E-state index in [9.17, 15) is 0 Å².